The molecular formula is C21H20FNO3. The predicted molar refractivity (Wildman–Crippen MR) is 96.9 cm³/mol. The second kappa shape index (κ2) is 8.82. The van der Waals surface area contributed by atoms with Gasteiger partial charge in [-0.1, -0.05) is 17.7 Å². The smallest absolute Gasteiger partial charge is 0.348 e. The van der Waals surface area contributed by atoms with Gasteiger partial charge < -0.3 is 9.47 Å². The van der Waals surface area contributed by atoms with Crippen LogP contribution in [0.5, 0.6) is 5.75 Å². The third-order valence-electron chi connectivity index (χ3n) is 3.82. The number of halogens is 1. The van der Waals surface area contributed by atoms with Crippen LogP contribution in [0.1, 0.15) is 29.2 Å². The number of esters is 1. The lowest BCUT2D eigenvalue weighted by Gasteiger charge is -2.13. The highest BCUT2D eigenvalue weighted by Crippen LogP contribution is 2.22. The Balaban J connectivity index is 2.28. The van der Waals surface area contributed by atoms with Crippen LogP contribution in [0, 0.1) is 31.0 Å². The molecule has 0 aliphatic carbocycles. The standard InChI is InChI=1S/C21H20FNO3/c1-4-25-21(24)17(12-23)11-16-9-14(2)10-18(15(16)3)13-26-20-7-5-19(22)6-8-20/h5-11H,4,13H2,1-3H3. The van der Waals surface area contributed by atoms with Crippen LogP contribution in [-0.2, 0) is 16.1 Å². The SMILES string of the molecule is CCOC(=O)C(C#N)=Cc1cc(C)cc(COc2ccc(F)cc2)c1C. The number of benzene rings is 2. The summed E-state index contributed by atoms with van der Waals surface area (Å²) >= 11 is 0. The number of carbonyl (C=O) groups excluding carboxylic acids is 1. The normalized spacial score (nSPS) is 11.0. The Morgan fingerprint density at radius 1 is 1.23 bits per heavy atom. The number of rotatable bonds is 6. The van der Waals surface area contributed by atoms with Gasteiger partial charge in [0.15, 0.2) is 0 Å². The lowest BCUT2D eigenvalue weighted by Crippen LogP contribution is -2.06. The summed E-state index contributed by atoms with van der Waals surface area (Å²) < 4.78 is 23.6. The van der Waals surface area contributed by atoms with Crippen LogP contribution >= 0.6 is 0 Å². The minimum Gasteiger partial charge on any atom is -0.489 e. The molecule has 0 amide bonds. The summed E-state index contributed by atoms with van der Waals surface area (Å²) in [6.07, 6.45) is 1.53. The van der Waals surface area contributed by atoms with E-state index in [2.05, 4.69) is 0 Å². The molecule has 0 unspecified atom stereocenters. The molecule has 0 N–H and O–H groups in total. The van der Waals surface area contributed by atoms with Gasteiger partial charge in [0.05, 0.1) is 6.61 Å². The number of ether oxygens (including phenoxy) is 2. The average Bonchev–Trinajstić information content (AvgIpc) is 2.62. The Hall–Kier alpha value is -3.13. The van der Waals surface area contributed by atoms with Crippen LogP contribution < -0.4 is 4.74 Å². The third-order valence-corrected chi connectivity index (χ3v) is 3.82. The Morgan fingerprint density at radius 3 is 2.54 bits per heavy atom. The molecule has 0 aromatic heterocycles. The quantitative estimate of drug-likeness (QED) is 0.436. The molecular weight excluding hydrogens is 333 g/mol. The van der Waals surface area contributed by atoms with Gasteiger partial charge in [-0.2, -0.15) is 5.26 Å². The zero-order valence-electron chi connectivity index (χ0n) is 15.0. The second-order valence-electron chi connectivity index (χ2n) is 5.77. The van der Waals surface area contributed by atoms with Crippen molar-refractivity contribution in [1.29, 1.82) is 5.26 Å². The number of carbonyl (C=O) groups is 1. The van der Waals surface area contributed by atoms with E-state index in [4.69, 9.17) is 9.47 Å². The van der Waals surface area contributed by atoms with E-state index < -0.39 is 5.97 Å². The van der Waals surface area contributed by atoms with Crippen LogP contribution in [0.25, 0.3) is 6.08 Å². The van der Waals surface area contributed by atoms with Crippen molar-refractivity contribution in [2.75, 3.05) is 6.61 Å². The monoisotopic (exact) mass is 353 g/mol. The molecule has 4 nitrogen and oxygen atoms in total. The lowest BCUT2D eigenvalue weighted by molar-refractivity contribution is -0.137. The first-order chi connectivity index (χ1) is 12.4. The first kappa shape index (κ1) is 19.2. The van der Waals surface area contributed by atoms with Crippen molar-refractivity contribution >= 4 is 12.0 Å². The topological polar surface area (TPSA) is 59.3 Å². The number of aryl methyl sites for hydroxylation is 1. The first-order valence-corrected chi connectivity index (χ1v) is 8.22. The number of nitrogens with zero attached hydrogens (tertiary/aromatic N) is 1. The summed E-state index contributed by atoms with van der Waals surface area (Å²) in [5.41, 5.74) is 3.50. The highest BCUT2D eigenvalue weighted by Gasteiger charge is 2.12. The maximum absolute atomic E-state index is 13.0. The Labute approximate surface area is 152 Å². The summed E-state index contributed by atoms with van der Waals surface area (Å²) in [5, 5.41) is 9.21. The second-order valence-corrected chi connectivity index (χ2v) is 5.77. The maximum atomic E-state index is 13.0. The van der Waals surface area contributed by atoms with Gasteiger partial charge in [-0.15, -0.1) is 0 Å². The molecule has 2 rings (SSSR count). The van der Waals surface area contributed by atoms with Crippen molar-refractivity contribution in [2.24, 2.45) is 0 Å². The van der Waals surface area contributed by atoms with Gasteiger partial charge in [-0.05, 0) is 67.8 Å². The third kappa shape index (κ3) is 4.93. The Bertz CT molecular complexity index is 864. The molecule has 2 aromatic rings. The van der Waals surface area contributed by atoms with E-state index in [1.807, 2.05) is 32.0 Å². The van der Waals surface area contributed by atoms with E-state index in [-0.39, 0.29) is 18.0 Å². The van der Waals surface area contributed by atoms with Gasteiger partial charge in [0.2, 0.25) is 0 Å². The molecule has 0 heterocycles. The van der Waals surface area contributed by atoms with E-state index in [9.17, 15) is 14.4 Å². The molecule has 5 heteroatoms. The van der Waals surface area contributed by atoms with Gasteiger partial charge in [-0.3, -0.25) is 0 Å². The van der Waals surface area contributed by atoms with E-state index >= 15 is 0 Å². The van der Waals surface area contributed by atoms with Crippen LogP contribution in [0.2, 0.25) is 0 Å². The number of hydrogen-bond donors (Lipinski definition) is 0. The minimum atomic E-state index is -0.639. The van der Waals surface area contributed by atoms with Crippen molar-refractivity contribution in [2.45, 2.75) is 27.4 Å². The Morgan fingerprint density at radius 2 is 1.92 bits per heavy atom. The highest BCUT2D eigenvalue weighted by atomic mass is 19.1. The summed E-state index contributed by atoms with van der Waals surface area (Å²) in [4.78, 5) is 11.8. The lowest BCUT2D eigenvalue weighted by atomic mass is 9.98. The zero-order valence-corrected chi connectivity index (χ0v) is 15.0. The van der Waals surface area contributed by atoms with E-state index in [1.165, 1.54) is 18.2 Å². The number of nitriles is 1. The van der Waals surface area contributed by atoms with Crippen molar-refractivity contribution in [3.8, 4) is 11.8 Å². The fraction of sp³-hybridized carbons (Fsp3) is 0.238. The van der Waals surface area contributed by atoms with Crippen LogP contribution in [0.15, 0.2) is 42.0 Å². The highest BCUT2D eigenvalue weighted by molar-refractivity contribution is 5.98. The summed E-state index contributed by atoms with van der Waals surface area (Å²) in [6.45, 7) is 6.02. The fourth-order valence-electron chi connectivity index (χ4n) is 2.46. The van der Waals surface area contributed by atoms with Gasteiger partial charge >= 0.3 is 5.97 Å². The van der Waals surface area contributed by atoms with Gasteiger partial charge in [0.25, 0.3) is 0 Å². The van der Waals surface area contributed by atoms with E-state index in [1.54, 1.807) is 19.1 Å². The zero-order chi connectivity index (χ0) is 19.1. The molecule has 26 heavy (non-hydrogen) atoms. The molecule has 0 aliphatic heterocycles. The van der Waals surface area contributed by atoms with Crippen molar-refractivity contribution in [3.05, 3.63) is 70.0 Å². The molecule has 134 valence electrons. The van der Waals surface area contributed by atoms with Crippen molar-refractivity contribution in [3.63, 3.8) is 0 Å². The summed E-state index contributed by atoms with van der Waals surface area (Å²) in [6, 6.07) is 11.6. The molecule has 0 radical (unpaired) electrons. The van der Waals surface area contributed by atoms with Gasteiger partial charge in [0.1, 0.15) is 29.8 Å². The van der Waals surface area contributed by atoms with Crippen LogP contribution in [0.3, 0.4) is 0 Å². The van der Waals surface area contributed by atoms with Crippen LogP contribution in [-0.4, -0.2) is 12.6 Å². The molecule has 0 atom stereocenters. The average molecular weight is 353 g/mol. The summed E-state index contributed by atoms with van der Waals surface area (Å²) in [5.74, 6) is -0.395. The molecule has 2 aromatic carbocycles. The van der Waals surface area contributed by atoms with Crippen LogP contribution in [0.4, 0.5) is 4.39 Å². The molecule has 0 fully saturated rings. The largest absolute Gasteiger partial charge is 0.489 e. The van der Waals surface area contributed by atoms with Gasteiger partial charge in [0, 0.05) is 0 Å². The maximum Gasteiger partial charge on any atom is 0.348 e. The first-order valence-electron chi connectivity index (χ1n) is 8.22. The molecule has 0 bridgehead atoms. The van der Waals surface area contributed by atoms with E-state index in [0.717, 1.165) is 22.3 Å². The van der Waals surface area contributed by atoms with E-state index in [0.29, 0.717) is 12.4 Å². The molecule has 0 aliphatic rings. The fourth-order valence-corrected chi connectivity index (χ4v) is 2.46. The van der Waals surface area contributed by atoms with Crippen molar-refractivity contribution < 1.29 is 18.7 Å². The number of hydrogen-bond acceptors (Lipinski definition) is 4. The van der Waals surface area contributed by atoms with Crippen molar-refractivity contribution in [1.82, 2.24) is 0 Å². The molecule has 0 saturated heterocycles. The molecule has 0 spiro atoms. The Kier molecular flexibility index (Phi) is 6.51. The summed E-state index contributed by atoms with van der Waals surface area (Å²) in [7, 11) is 0. The minimum absolute atomic E-state index is 0.0500. The van der Waals surface area contributed by atoms with Gasteiger partial charge in [-0.25, -0.2) is 9.18 Å². The molecule has 0 saturated carbocycles. The predicted octanol–water partition coefficient (Wildman–Crippen LogP) is 4.49.